The normalized spacial score (nSPS) is 9.14. The Labute approximate surface area is 96.8 Å². The van der Waals surface area contributed by atoms with Gasteiger partial charge in [0.15, 0.2) is 0 Å². The van der Waals surface area contributed by atoms with E-state index in [-0.39, 0.29) is 22.9 Å². The van der Waals surface area contributed by atoms with Crippen molar-refractivity contribution in [3.8, 4) is 0 Å². The summed E-state index contributed by atoms with van der Waals surface area (Å²) in [4.78, 5) is 15.1. The molecular weight excluding hydrogens is 244 g/mol. The minimum absolute atomic E-state index is 0. The van der Waals surface area contributed by atoms with Gasteiger partial charge in [0.05, 0.1) is 6.67 Å². The van der Waals surface area contributed by atoms with Crippen molar-refractivity contribution in [3.05, 3.63) is 24.8 Å². The first-order valence-electron chi connectivity index (χ1n) is 4.19. The minimum Gasteiger partial charge on any atom is -0.322 e. The zero-order chi connectivity index (χ0) is 10.4. The molecule has 14 heavy (non-hydrogen) atoms. The fourth-order valence-corrected chi connectivity index (χ4v) is 0.972. The average molecular weight is 263 g/mol. The monoisotopic (exact) mass is 262 g/mol. The number of nitrogens with zero attached hydrogens (tertiary/aromatic N) is 2. The van der Waals surface area contributed by atoms with E-state index in [2.05, 4.69) is 13.2 Å². The number of rotatable bonds is 5. The lowest BCUT2D eigenvalue weighted by molar-refractivity contribution is -0.128. The fourth-order valence-electron chi connectivity index (χ4n) is 0.972. The highest BCUT2D eigenvalue weighted by Crippen LogP contribution is 1.99. The van der Waals surface area contributed by atoms with Crippen LogP contribution in [0.4, 0.5) is 0 Å². The summed E-state index contributed by atoms with van der Waals surface area (Å²) < 4.78 is 0. The van der Waals surface area contributed by atoms with Gasteiger partial charge in [-0.1, -0.05) is 12.7 Å². The first-order valence-corrected chi connectivity index (χ1v) is 4.19. The molecule has 0 bridgehead atoms. The van der Waals surface area contributed by atoms with Gasteiger partial charge in [-0.05, 0) is 21.0 Å². The summed E-state index contributed by atoms with van der Waals surface area (Å²) in [6.07, 6.45) is 1.71. The zero-order valence-electron chi connectivity index (χ0n) is 9.12. The molecular formula is C10H19BrN2O. The van der Waals surface area contributed by atoms with Crippen LogP contribution < -0.4 is 0 Å². The van der Waals surface area contributed by atoms with Crippen LogP contribution in [0.25, 0.3) is 0 Å². The largest absolute Gasteiger partial charge is 0.322 e. The maximum atomic E-state index is 11.5. The molecule has 0 aliphatic carbocycles. The predicted octanol–water partition coefficient (Wildman–Crippen LogP) is 1.67. The van der Waals surface area contributed by atoms with E-state index >= 15 is 0 Å². The first kappa shape index (κ1) is 15.8. The molecule has 4 heteroatoms. The van der Waals surface area contributed by atoms with E-state index < -0.39 is 0 Å². The standard InChI is InChI=1S/C10H18N2O.BrH/c1-6-7-12(8-11(4)5)10(13)9(2)3;/h6H,1-2,7-8H2,3-5H3;1H. The van der Waals surface area contributed by atoms with E-state index in [9.17, 15) is 4.79 Å². The van der Waals surface area contributed by atoms with Crippen LogP contribution in [-0.4, -0.2) is 43.0 Å². The number of carbonyl (C=O) groups is 1. The molecule has 0 unspecified atom stereocenters. The summed E-state index contributed by atoms with van der Waals surface area (Å²) in [7, 11) is 3.84. The van der Waals surface area contributed by atoms with Gasteiger partial charge in [0.2, 0.25) is 5.91 Å². The molecule has 0 aromatic heterocycles. The molecule has 0 fully saturated rings. The van der Waals surface area contributed by atoms with Gasteiger partial charge in [-0.2, -0.15) is 0 Å². The third kappa shape index (κ3) is 5.94. The van der Waals surface area contributed by atoms with Gasteiger partial charge in [-0.15, -0.1) is 23.6 Å². The molecule has 0 saturated carbocycles. The number of halogens is 1. The first-order chi connectivity index (χ1) is 5.99. The second-order valence-corrected chi connectivity index (χ2v) is 3.32. The third-order valence-corrected chi connectivity index (χ3v) is 1.46. The Morgan fingerprint density at radius 2 is 1.93 bits per heavy atom. The van der Waals surface area contributed by atoms with Gasteiger partial charge in [0, 0.05) is 12.1 Å². The Hall–Kier alpha value is -0.610. The van der Waals surface area contributed by atoms with Crippen LogP contribution >= 0.6 is 17.0 Å². The Balaban J connectivity index is 0. The summed E-state index contributed by atoms with van der Waals surface area (Å²) in [5, 5.41) is 0. The summed E-state index contributed by atoms with van der Waals surface area (Å²) in [6, 6.07) is 0. The lowest BCUT2D eigenvalue weighted by Crippen LogP contribution is -2.38. The van der Waals surface area contributed by atoms with Crippen molar-refractivity contribution >= 4 is 22.9 Å². The van der Waals surface area contributed by atoms with Gasteiger partial charge in [0.1, 0.15) is 0 Å². The van der Waals surface area contributed by atoms with Crippen LogP contribution in [0, 0.1) is 0 Å². The van der Waals surface area contributed by atoms with E-state index in [0.29, 0.717) is 18.8 Å². The van der Waals surface area contributed by atoms with E-state index in [1.54, 1.807) is 17.9 Å². The van der Waals surface area contributed by atoms with Crippen LogP contribution in [0.2, 0.25) is 0 Å². The molecule has 1 amide bonds. The summed E-state index contributed by atoms with van der Waals surface area (Å²) >= 11 is 0. The highest BCUT2D eigenvalue weighted by molar-refractivity contribution is 8.93. The molecule has 0 N–H and O–H groups in total. The second-order valence-electron chi connectivity index (χ2n) is 3.32. The molecule has 0 aromatic carbocycles. The molecule has 0 spiro atoms. The van der Waals surface area contributed by atoms with Crippen LogP contribution in [0.3, 0.4) is 0 Å². The summed E-state index contributed by atoms with van der Waals surface area (Å²) in [6.45, 7) is 10.1. The van der Waals surface area contributed by atoms with Crippen molar-refractivity contribution in [1.82, 2.24) is 9.80 Å². The SMILES string of the molecule is Br.C=CCN(CN(C)C)C(=O)C(=C)C. The quantitative estimate of drug-likeness (QED) is 0.428. The highest BCUT2D eigenvalue weighted by atomic mass is 79.9. The van der Waals surface area contributed by atoms with E-state index in [1.165, 1.54) is 0 Å². The molecule has 0 aliphatic heterocycles. The van der Waals surface area contributed by atoms with E-state index in [4.69, 9.17) is 0 Å². The lowest BCUT2D eigenvalue weighted by atomic mass is 10.3. The Morgan fingerprint density at radius 1 is 1.43 bits per heavy atom. The molecule has 0 radical (unpaired) electrons. The Bertz CT molecular complexity index is 214. The average Bonchev–Trinajstić information content (AvgIpc) is 2.01. The molecule has 0 heterocycles. The van der Waals surface area contributed by atoms with Crippen molar-refractivity contribution < 1.29 is 4.79 Å². The Morgan fingerprint density at radius 3 is 2.21 bits per heavy atom. The van der Waals surface area contributed by atoms with Crippen molar-refractivity contribution in [1.29, 1.82) is 0 Å². The molecule has 3 nitrogen and oxygen atoms in total. The highest BCUT2D eigenvalue weighted by Gasteiger charge is 2.12. The van der Waals surface area contributed by atoms with Crippen molar-refractivity contribution in [2.24, 2.45) is 0 Å². The van der Waals surface area contributed by atoms with E-state index in [1.807, 2.05) is 19.0 Å². The van der Waals surface area contributed by atoms with Gasteiger partial charge >= 0.3 is 0 Å². The van der Waals surface area contributed by atoms with Crippen LogP contribution in [-0.2, 0) is 4.79 Å². The van der Waals surface area contributed by atoms with Crippen LogP contribution in [0.15, 0.2) is 24.8 Å². The number of amides is 1. The van der Waals surface area contributed by atoms with Crippen molar-refractivity contribution in [3.63, 3.8) is 0 Å². The summed E-state index contributed by atoms with van der Waals surface area (Å²) in [5.41, 5.74) is 0.559. The molecule has 0 rings (SSSR count). The third-order valence-electron chi connectivity index (χ3n) is 1.46. The zero-order valence-corrected chi connectivity index (χ0v) is 10.8. The predicted molar refractivity (Wildman–Crippen MR) is 65.6 cm³/mol. The van der Waals surface area contributed by atoms with Gasteiger partial charge in [-0.3, -0.25) is 9.69 Å². The van der Waals surface area contributed by atoms with Gasteiger partial charge < -0.3 is 4.90 Å². The molecule has 82 valence electrons. The van der Waals surface area contributed by atoms with Crippen molar-refractivity contribution in [2.75, 3.05) is 27.3 Å². The molecule has 0 aromatic rings. The number of carbonyl (C=O) groups excluding carboxylic acids is 1. The van der Waals surface area contributed by atoms with Crippen LogP contribution in [0.1, 0.15) is 6.92 Å². The Kier molecular flexibility index (Phi) is 8.79. The fraction of sp³-hybridized carbons (Fsp3) is 0.500. The topological polar surface area (TPSA) is 23.6 Å². The second kappa shape index (κ2) is 7.76. The number of hydrogen-bond acceptors (Lipinski definition) is 2. The minimum atomic E-state index is -0.0198. The van der Waals surface area contributed by atoms with Gasteiger partial charge in [-0.25, -0.2) is 0 Å². The maximum absolute atomic E-state index is 11.5. The molecule has 0 aliphatic rings. The molecule has 0 atom stereocenters. The van der Waals surface area contributed by atoms with Crippen molar-refractivity contribution in [2.45, 2.75) is 6.92 Å². The number of hydrogen-bond donors (Lipinski definition) is 0. The smallest absolute Gasteiger partial charge is 0.250 e. The van der Waals surface area contributed by atoms with E-state index in [0.717, 1.165) is 0 Å². The molecule has 0 saturated heterocycles. The lowest BCUT2D eigenvalue weighted by Gasteiger charge is -2.24. The summed E-state index contributed by atoms with van der Waals surface area (Å²) in [5.74, 6) is -0.0198. The van der Waals surface area contributed by atoms with Crippen LogP contribution in [0.5, 0.6) is 0 Å². The maximum Gasteiger partial charge on any atom is 0.250 e. The van der Waals surface area contributed by atoms with Gasteiger partial charge in [0.25, 0.3) is 0 Å².